The maximum Gasteiger partial charge on any atom is 0.449 e. The van der Waals surface area contributed by atoms with Gasteiger partial charge in [-0.1, -0.05) is 30.3 Å². The first-order chi connectivity index (χ1) is 7.75. The molecule has 1 heterocycles. The van der Waals surface area contributed by atoms with Gasteiger partial charge >= 0.3 is 11.3 Å². The first-order valence-electron chi connectivity index (χ1n) is 4.67. The van der Waals surface area contributed by atoms with Crippen LogP contribution < -0.4 is 16.1 Å². The van der Waals surface area contributed by atoms with Crippen LogP contribution in [0.1, 0.15) is 5.56 Å². The maximum atomic E-state index is 10.6. The highest BCUT2D eigenvalue weighted by Gasteiger charge is 2.04. The minimum Gasteiger partial charge on any atom is -0.357 e. The standard InChI is InChI=1S/C10H9NO5/c12-9-10(13)16-11(15-9)14-7-6-8-4-2-1-3-5-8/h1-5H,6-7H2. The summed E-state index contributed by atoms with van der Waals surface area (Å²) < 4.78 is 8.62. The molecular formula is C10H9NO5. The molecule has 2 aromatic rings. The molecule has 0 aliphatic heterocycles. The van der Waals surface area contributed by atoms with Gasteiger partial charge in [0.15, 0.2) is 0 Å². The van der Waals surface area contributed by atoms with E-state index in [2.05, 4.69) is 9.05 Å². The zero-order valence-electron chi connectivity index (χ0n) is 8.29. The minimum absolute atomic E-state index is 0.241. The van der Waals surface area contributed by atoms with Gasteiger partial charge in [0.25, 0.3) is 0 Å². The predicted octanol–water partition coefficient (Wildman–Crippen LogP) is 0.0658. The third-order valence-corrected chi connectivity index (χ3v) is 1.91. The molecule has 0 atom stereocenters. The van der Waals surface area contributed by atoms with Crippen molar-refractivity contribution >= 4 is 0 Å². The van der Waals surface area contributed by atoms with Crippen LogP contribution in [0.3, 0.4) is 0 Å². The van der Waals surface area contributed by atoms with E-state index in [4.69, 9.17) is 4.84 Å². The van der Waals surface area contributed by atoms with E-state index in [1.54, 1.807) is 0 Å². The Kier molecular flexibility index (Phi) is 2.90. The fourth-order valence-electron chi connectivity index (χ4n) is 1.16. The summed E-state index contributed by atoms with van der Waals surface area (Å²) in [6, 6.07) is 9.60. The Morgan fingerprint density at radius 3 is 2.31 bits per heavy atom. The van der Waals surface area contributed by atoms with Crippen molar-refractivity contribution in [3.63, 3.8) is 0 Å². The average Bonchev–Trinajstić information content (AvgIpc) is 2.60. The zero-order chi connectivity index (χ0) is 11.4. The summed E-state index contributed by atoms with van der Waals surface area (Å²) in [5, 5.41) is 0.424. The number of nitrogens with zero attached hydrogens (tertiary/aromatic N) is 1. The van der Waals surface area contributed by atoms with Crippen molar-refractivity contribution in [2.24, 2.45) is 0 Å². The first kappa shape index (κ1) is 10.3. The highest BCUT2D eigenvalue weighted by Crippen LogP contribution is 1.98. The Balaban J connectivity index is 1.89. The molecule has 84 valence electrons. The normalized spacial score (nSPS) is 10.2. The van der Waals surface area contributed by atoms with Crippen LogP contribution in [0.15, 0.2) is 49.0 Å². The molecule has 0 radical (unpaired) electrons. The van der Waals surface area contributed by atoms with Crippen molar-refractivity contribution in [2.75, 3.05) is 6.61 Å². The molecule has 0 spiro atoms. The number of aromatic nitrogens is 1. The van der Waals surface area contributed by atoms with Crippen LogP contribution in [-0.2, 0) is 6.42 Å². The molecular weight excluding hydrogens is 214 g/mol. The second-order valence-electron chi connectivity index (χ2n) is 3.05. The molecule has 0 fully saturated rings. The van der Waals surface area contributed by atoms with Gasteiger partial charge in [-0.15, -0.1) is 0 Å². The second-order valence-corrected chi connectivity index (χ2v) is 3.05. The molecule has 0 saturated carbocycles. The quantitative estimate of drug-likeness (QED) is 0.685. The fraction of sp³-hybridized carbons (Fsp3) is 0.200. The van der Waals surface area contributed by atoms with Crippen LogP contribution in [-0.4, -0.2) is 11.7 Å². The van der Waals surface area contributed by atoms with E-state index in [1.807, 2.05) is 30.3 Å². The summed E-state index contributed by atoms with van der Waals surface area (Å²) in [4.78, 5) is 26.1. The van der Waals surface area contributed by atoms with Crippen LogP contribution >= 0.6 is 0 Å². The van der Waals surface area contributed by atoms with Gasteiger partial charge < -0.3 is 4.84 Å². The Morgan fingerprint density at radius 1 is 1.06 bits per heavy atom. The molecule has 0 amide bonds. The third-order valence-electron chi connectivity index (χ3n) is 1.91. The predicted molar refractivity (Wildman–Crippen MR) is 53.1 cm³/mol. The topological polar surface area (TPSA) is 74.6 Å². The SMILES string of the molecule is O=c1on(OCCc2ccccc2)oc1=O. The smallest absolute Gasteiger partial charge is 0.357 e. The largest absolute Gasteiger partial charge is 0.449 e. The van der Waals surface area contributed by atoms with Crippen molar-refractivity contribution in [3.05, 3.63) is 56.7 Å². The van der Waals surface area contributed by atoms with Gasteiger partial charge in [-0.2, -0.15) is 0 Å². The molecule has 0 aliphatic rings. The van der Waals surface area contributed by atoms with E-state index in [0.29, 0.717) is 11.5 Å². The highest BCUT2D eigenvalue weighted by molar-refractivity contribution is 5.14. The lowest BCUT2D eigenvalue weighted by Gasteiger charge is -2.00. The van der Waals surface area contributed by atoms with E-state index in [0.717, 1.165) is 5.56 Å². The lowest BCUT2D eigenvalue weighted by Crippen LogP contribution is -2.14. The van der Waals surface area contributed by atoms with E-state index < -0.39 is 11.3 Å². The van der Waals surface area contributed by atoms with Crippen LogP contribution in [0.5, 0.6) is 0 Å². The molecule has 0 unspecified atom stereocenters. The molecule has 1 aromatic carbocycles. The lowest BCUT2D eigenvalue weighted by atomic mass is 10.2. The Bertz CT molecular complexity index is 523. The minimum atomic E-state index is -1.08. The van der Waals surface area contributed by atoms with Gasteiger partial charge in [-0.05, 0) is 5.56 Å². The lowest BCUT2D eigenvalue weighted by molar-refractivity contribution is -0.144. The molecule has 16 heavy (non-hydrogen) atoms. The van der Waals surface area contributed by atoms with Crippen LogP contribution in [0.2, 0.25) is 0 Å². The average molecular weight is 223 g/mol. The summed E-state index contributed by atoms with van der Waals surface area (Å²) in [5.74, 6) is 0. The summed E-state index contributed by atoms with van der Waals surface area (Å²) >= 11 is 0. The fourth-order valence-corrected chi connectivity index (χ4v) is 1.16. The van der Waals surface area contributed by atoms with Crippen molar-refractivity contribution in [2.45, 2.75) is 6.42 Å². The number of hydrogen-bond acceptors (Lipinski definition) is 5. The molecule has 0 bridgehead atoms. The van der Waals surface area contributed by atoms with Gasteiger partial charge in [0.05, 0.1) is 0 Å². The van der Waals surface area contributed by atoms with Crippen LogP contribution in [0.25, 0.3) is 0 Å². The first-order valence-corrected chi connectivity index (χ1v) is 4.67. The Morgan fingerprint density at radius 2 is 1.69 bits per heavy atom. The van der Waals surface area contributed by atoms with E-state index in [1.165, 1.54) is 0 Å². The summed E-state index contributed by atoms with van der Waals surface area (Å²) in [7, 11) is 0. The van der Waals surface area contributed by atoms with Gasteiger partial charge in [-0.3, -0.25) is 9.05 Å². The molecule has 6 heteroatoms. The molecule has 0 N–H and O–H groups in total. The number of benzene rings is 1. The molecule has 6 nitrogen and oxygen atoms in total. The van der Waals surface area contributed by atoms with Crippen molar-refractivity contribution in [3.8, 4) is 0 Å². The van der Waals surface area contributed by atoms with E-state index in [-0.39, 0.29) is 6.61 Å². The molecule has 0 saturated heterocycles. The number of hydrogen-bond donors (Lipinski definition) is 0. The van der Waals surface area contributed by atoms with Gasteiger partial charge in [0, 0.05) is 6.42 Å². The van der Waals surface area contributed by atoms with Gasteiger partial charge in [0.1, 0.15) is 11.7 Å². The van der Waals surface area contributed by atoms with Crippen molar-refractivity contribution in [1.29, 1.82) is 0 Å². The zero-order valence-corrected chi connectivity index (χ0v) is 8.29. The van der Waals surface area contributed by atoms with Gasteiger partial charge in [-0.25, -0.2) is 9.59 Å². The maximum absolute atomic E-state index is 10.6. The third kappa shape index (κ3) is 2.41. The van der Waals surface area contributed by atoms with Crippen molar-refractivity contribution < 1.29 is 13.9 Å². The summed E-state index contributed by atoms with van der Waals surface area (Å²) in [6.07, 6.45) is 0.618. The highest BCUT2D eigenvalue weighted by atomic mass is 17.0. The van der Waals surface area contributed by atoms with E-state index >= 15 is 0 Å². The van der Waals surface area contributed by atoms with Crippen molar-refractivity contribution in [1.82, 2.24) is 5.08 Å². The summed E-state index contributed by atoms with van der Waals surface area (Å²) in [6.45, 7) is 0.241. The molecule has 0 aliphatic carbocycles. The molecule has 2 rings (SSSR count). The van der Waals surface area contributed by atoms with Gasteiger partial charge in [0.2, 0.25) is 0 Å². The Hall–Kier alpha value is -2.24. The summed E-state index contributed by atoms with van der Waals surface area (Å²) in [5.41, 5.74) is -1.10. The van der Waals surface area contributed by atoms with Crippen LogP contribution in [0, 0.1) is 0 Å². The Labute approximate surface area is 89.5 Å². The monoisotopic (exact) mass is 223 g/mol. The van der Waals surface area contributed by atoms with E-state index in [9.17, 15) is 9.59 Å². The van der Waals surface area contributed by atoms with Crippen LogP contribution in [0.4, 0.5) is 0 Å². The molecule has 1 aromatic heterocycles. The second kappa shape index (κ2) is 4.52. The number of rotatable bonds is 4.